The van der Waals surface area contributed by atoms with Gasteiger partial charge in [-0.3, -0.25) is 40.7 Å². The van der Waals surface area contributed by atoms with Crippen molar-refractivity contribution in [2.75, 3.05) is 6.61 Å². The van der Waals surface area contributed by atoms with E-state index in [-0.39, 0.29) is 62.9 Å². The van der Waals surface area contributed by atoms with Crippen molar-refractivity contribution in [2.24, 2.45) is 33.9 Å². The smallest absolute Gasteiger partial charge is 0.333 e. The Bertz CT molecular complexity index is 1580. The monoisotopic (exact) mass is 885 g/mol. The van der Waals surface area contributed by atoms with E-state index in [0.29, 0.717) is 12.5 Å². The average molecular weight is 886 g/mol. The predicted molar refractivity (Wildman–Crippen MR) is 207 cm³/mol. The number of hydrogen-bond acceptors (Lipinski definition) is 19. The highest BCUT2D eigenvalue weighted by Crippen LogP contribution is 2.45. The Morgan fingerprint density at radius 3 is 2.03 bits per heavy atom. The number of rotatable bonds is 17. The van der Waals surface area contributed by atoms with Crippen LogP contribution in [0.3, 0.4) is 0 Å². The van der Waals surface area contributed by atoms with Gasteiger partial charge >= 0.3 is 10.3 Å². The first kappa shape index (κ1) is 45.8. The maximum Gasteiger partial charge on any atom is 0.333 e. The fourth-order valence-corrected chi connectivity index (χ4v) is 12.4. The quantitative estimate of drug-likeness (QED) is 0.0303. The Hall–Kier alpha value is -1.71. The van der Waals surface area contributed by atoms with Gasteiger partial charge in [0.15, 0.2) is 6.35 Å². The van der Waals surface area contributed by atoms with Crippen LogP contribution in [0.2, 0.25) is 0 Å². The standard InChI is InChI=1S/C34H60ClN9O12S2/c35-24-8-4-5-9-25(24)37-32-39-33(41-34(40-32)53-16-19-6-2-1-3-7-19)38-26-10-11-28(57(48,49)56-36)23-15-27(44-58(50,51)52)30(31(47)29(23)26)43-42-20-12-21(54-17-45)14-22(13-20)55-18-46/h17-34,37-41,44,47H,1-16,36H2,(H,50,51,52). The number of nitrogens with two attached hydrogens (primary N) is 1. The lowest BCUT2D eigenvalue weighted by atomic mass is 9.64. The van der Waals surface area contributed by atoms with E-state index < -0.39 is 98.9 Å². The number of carbonyl (C=O) groups is 2. The summed E-state index contributed by atoms with van der Waals surface area (Å²) in [6.45, 7) is 1.12. The van der Waals surface area contributed by atoms with Crippen molar-refractivity contribution >= 4 is 45.0 Å². The molecule has 1 saturated heterocycles. The summed E-state index contributed by atoms with van der Waals surface area (Å²) in [5, 5.41) is 37.3. The molecule has 6 fully saturated rings. The van der Waals surface area contributed by atoms with Gasteiger partial charge in [-0.15, -0.1) is 11.6 Å². The van der Waals surface area contributed by atoms with Crippen LogP contribution >= 0.6 is 11.6 Å². The number of nitrogens with one attached hydrogen (secondary N) is 6. The number of aliphatic hydroxyl groups excluding tert-OH is 1. The van der Waals surface area contributed by atoms with Crippen molar-refractivity contribution in [1.82, 2.24) is 31.3 Å². The molecule has 5 saturated carbocycles. The number of nitrogens with zero attached hydrogens (tertiary/aromatic N) is 2. The van der Waals surface area contributed by atoms with Crippen LogP contribution in [0, 0.1) is 17.8 Å². The Labute approximate surface area is 344 Å². The number of alkyl halides is 1. The Kier molecular flexibility index (Phi) is 16.5. The van der Waals surface area contributed by atoms with Gasteiger partial charge in [0.1, 0.15) is 30.8 Å². The highest BCUT2D eigenvalue weighted by molar-refractivity contribution is 7.87. The zero-order chi connectivity index (χ0) is 41.5. The van der Waals surface area contributed by atoms with E-state index in [1.807, 2.05) is 0 Å². The molecule has 0 aromatic heterocycles. The summed E-state index contributed by atoms with van der Waals surface area (Å²) in [6.07, 6.45) is 5.89. The fourth-order valence-electron chi connectivity index (χ4n) is 10.1. The maximum atomic E-state index is 13.3. The van der Waals surface area contributed by atoms with Gasteiger partial charge in [-0.05, 0) is 56.8 Å². The first-order valence-electron chi connectivity index (χ1n) is 20.5. The van der Waals surface area contributed by atoms with Gasteiger partial charge in [-0.1, -0.05) is 32.1 Å². The zero-order valence-electron chi connectivity index (χ0n) is 32.3. The summed E-state index contributed by atoms with van der Waals surface area (Å²) in [6, 6.07) is -3.83. The topological polar surface area (TPSA) is 303 Å². The molecule has 1 aliphatic heterocycles. The van der Waals surface area contributed by atoms with E-state index in [1.54, 1.807) is 0 Å². The van der Waals surface area contributed by atoms with Crippen molar-refractivity contribution in [3.63, 3.8) is 0 Å². The second-order valence-corrected chi connectivity index (χ2v) is 20.1. The van der Waals surface area contributed by atoms with Gasteiger partial charge < -0.3 is 19.3 Å². The van der Waals surface area contributed by atoms with Crippen molar-refractivity contribution in [1.29, 1.82) is 0 Å². The lowest BCUT2D eigenvalue weighted by Crippen LogP contribution is -2.78. The van der Waals surface area contributed by atoms with Crippen LogP contribution in [-0.4, -0.2) is 124 Å². The third-order valence-corrected chi connectivity index (χ3v) is 15.5. The Morgan fingerprint density at radius 1 is 0.776 bits per heavy atom. The molecular formula is C34H60ClN9O12S2. The van der Waals surface area contributed by atoms with Gasteiger partial charge in [-0.2, -0.15) is 42.0 Å². The molecule has 0 aromatic carbocycles. The van der Waals surface area contributed by atoms with Crippen LogP contribution in [0.1, 0.15) is 96.3 Å². The van der Waals surface area contributed by atoms with Crippen molar-refractivity contribution in [3.05, 3.63) is 0 Å². The summed E-state index contributed by atoms with van der Waals surface area (Å²) in [7, 11) is -9.28. The largest absolute Gasteiger partial charge is 0.464 e. The minimum atomic E-state index is -4.89. The van der Waals surface area contributed by atoms with E-state index in [9.17, 15) is 36.1 Å². The molecule has 0 aromatic rings. The minimum absolute atomic E-state index is 0.0303. The van der Waals surface area contributed by atoms with Gasteiger partial charge in [0, 0.05) is 42.6 Å². The van der Waals surface area contributed by atoms with E-state index in [0.717, 1.165) is 38.5 Å². The molecule has 0 bridgehead atoms. The first-order valence-corrected chi connectivity index (χ1v) is 23.8. The lowest BCUT2D eigenvalue weighted by molar-refractivity contribution is -0.143. The molecule has 14 unspecified atom stereocenters. The molecule has 0 spiro atoms. The summed E-state index contributed by atoms with van der Waals surface area (Å²) in [4.78, 5) is 22.3. The number of fused-ring (bicyclic) bond motifs is 1. The molecule has 0 radical (unpaired) electrons. The van der Waals surface area contributed by atoms with E-state index >= 15 is 0 Å². The van der Waals surface area contributed by atoms with Crippen LogP contribution in [0.25, 0.3) is 0 Å². The van der Waals surface area contributed by atoms with Crippen LogP contribution in [0.5, 0.6) is 0 Å². The van der Waals surface area contributed by atoms with Crippen LogP contribution < -0.4 is 37.2 Å². The highest BCUT2D eigenvalue weighted by atomic mass is 35.5. The normalized spacial score (nSPS) is 40.7. The molecule has 14 atom stereocenters. The summed E-state index contributed by atoms with van der Waals surface area (Å²) >= 11 is 6.74. The molecule has 5 aliphatic carbocycles. The minimum Gasteiger partial charge on any atom is -0.464 e. The molecule has 58 heavy (non-hydrogen) atoms. The molecule has 6 rings (SSSR count). The molecule has 332 valence electrons. The van der Waals surface area contributed by atoms with E-state index in [4.69, 9.17) is 31.7 Å². The molecular weight excluding hydrogens is 826 g/mol. The zero-order valence-corrected chi connectivity index (χ0v) is 34.7. The fraction of sp³-hybridized carbons (Fsp3) is 0.941. The van der Waals surface area contributed by atoms with Gasteiger partial charge in [0.25, 0.3) is 23.1 Å². The van der Waals surface area contributed by atoms with Crippen LogP contribution in [0.4, 0.5) is 0 Å². The average Bonchev–Trinajstić information content (AvgIpc) is 3.18. The molecule has 1 heterocycles. The molecule has 24 heteroatoms. The number of halogens is 1. The van der Waals surface area contributed by atoms with Crippen LogP contribution in [0.15, 0.2) is 10.2 Å². The van der Waals surface area contributed by atoms with Crippen LogP contribution in [-0.2, 0) is 48.5 Å². The molecule has 6 aliphatic rings. The van der Waals surface area contributed by atoms with Gasteiger partial charge in [0.05, 0.1) is 30.0 Å². The summed E-state index contributed by atoms with van der Waals surface area (Å²) < 4.78 is 84.2. The second kappa shape index (κ2) is 20.9. The third-order valence-electron chi connectivity index (χ3n) is 12.8. The van der Waals surface area contributed by atoms with E-state index in [2.05, 4.69) is 45.8 Å². The second-order valence-electron chi connectivity index (χ2n) is 16.6. The van der Waals surface area contributed by atoms with Crippen molar-refractivity contribution < 1.29 is 54.6 Å². The Balaban J connectivity index is 1.26. The molecule has 21 nitrogen and oxygen atoms in total. The predicted octanol–water partition coefficient (Wildman–Crippen LogP) is -0.0887. The number of azo groups is 1. The third kappa shape index (κ3) is 12.2. The summed E-state index contributed by atoms with van der Waals surface area (Å²) in [5.74, 6) is 3.89. The number of hydrogen-bond donors (Lipinski definition) is 9. The molecule has 10 N–H and O–H groups in total. The first-order chi connectivity index (χ1) is 27.8. The van der Waals surface area contributed by atoms with Crippen molar-refractivity contribution in [2.45, 2.75) is 174 Å². The Morgan fingerprint density at radius 2 is 1.41 bits per heavy atom. The summed E-state index contributed by atoms with van der Waals surface area (Å²) in [5.41, 5.74) is 0. The van der Waals surface area contributed by atoms with Gasteiger partial charge in [-0.25, -0.2) is 0 Å². The lowest BCUT2D eigenvalue weighted by Gasteiger charge is -2.52. The number of carbonyl (C=O) groups excluding carboxylic acids is 2. The number of aliphatic hydroxyl groups is 1. The van der Waals surface area contributed by atoms with Crippen molar-refractivity contribution in [3.8, 4) is 0 Å². The maximum absolute atomic E-state index is 13.3. The van der Waals surface area contributed by atoms with E-state index in [1.165, 1.54) is 19.3 Å². The highest BCUT2D eigenvalue weighted by Gasteiger charge is 2.56. The SMILES string of the molecule is NOS(=O)(=O)C1CCC(NC2NC(NC3CCCCC3Cl)NC(OCC3CCCCC3)N2)C2C(O)C(N=NC3CC(OC=O)CC(OC=O)C3)C(NS(=O)(=O)O)CC21. The number of ether oxygens (including phenoxy) is 3. The van der Waals surface area contributed by atoms with Gasteiger partial charge in [0.2, 0.25) is 0 Å². The molecule has 0 amide bonds.